The third-order valence-electron chi connectivity index (χ3n) is 3.46. The summed E-state index contributed by atoms with van der Waals surface area (Å²) in [4.78, 5) is 0. The van der Waals surface area contributed by atoms with Crippen molar-refractivity contribution in [1.29, 1.82) is 0 Å². The van der Waals surface area contributed by atoms with E-state index in [1.807, 2.05) is 16.7 Å². The van der Waals surface area contributed by atoms with E-state index >= 15 is 0 Å². The van der Waals surface area contributed by atoms with Crippen LogP contribution in [0.1, 0.15) is 5.56 Å². The van der Waals surface area contributed by atoms with Gasteiger partial charge >= 0.3 is 0 Å². The van der Waals surface area contributed by atoms with Gasteiger partial charge in [-0.15, -0.1) is 16.8 Å². The van der Waals surface area contributed by atoms with E-state index in [1.54, 1.807) is 24.3 Å². The molecule has 2 aromatic carbocycles. The summed E-state index contributed by atoms with van der Waals surface area (Å²) in [5.74, 6) is 0.976. The normalized spacial score (nSPS) is 10.8. The van der Waals surface area contributed by atoms with Crippen LogP contribution in [0.4, 0.5) is 4.39 Å². The summed E-state index contributed by atoms with van der Waals surface area (Å²) in [6.07, 6.45) is 1.77. The van der Waals surface area contributed by atoms with Crippen molar-refractivity contribution in [2.75, 3.05) is 0 Å². The second-order valence-electron chi connectivity index (χ2n) is 5.25. The van der Waals surface area contributed by atoms with Crippen molar-refractivity contribution in [3.05, 3.63) is 76.5 Å². The van der Waals surface area contributed by atoms with Crippen molar-refractivity contribution >= 4 is 35.0 Å². The Hall–Kier alpha value is -1.82. The molecule has 0 radical (unpaired) electrons. The van der Waals surface area contributed by atoms with Gasteiger partial charge in [-0.3, -0.25) is 4.57 Å². The topological polar surface area (TPSA) is 30.7 Å². The van der Waals surface area contributed by atoms with Gasteiger partial charge in [0.05, 0.1) is 5.02 Å². The fourth-order valence-electron chi connectivity index (χ4n) is 2.33. The predicted molar refractivity (Wildman–Crippen MR) is 102 cm³/mol. The van der Waals surface area contributed by atoms with Gasteiger partial charge in [0.15, 0.2) is 11.0 Å². The average Bonchev–Trinajstić information content (AvgIpc) is 2.96. The maximum absolute atomic E-state index is 13.3. The molecule has 0 aliphatic rings. The Balaban J connectivity index is 1.90. The highest BCUT2D eigenvalue weighted by Crippen LogP contribution is 2.32. The first-order valence-electron chi connectivity index (χ1n) is 7.45. The van der Waals surface area contributed by atoms with E-state index in [4.69, 9.17) is 23.2 Å². The number of allylic oxidation sites excluding steroid dienone is 1. The molecule has 3 rings (SSSR count). The molecule has 0 amide bonds. The van der Waals surface area contributed by atoms with Crippen LogP contribution in [0.25, 0.3) is 11.4 Å². The Labute approximate surface area is 159 Å². The largest absolute Gasteiger partial charge is 0.298 e. The number of hydrogen-bond acceptors (Lipinski definition) is 3. The smallest absolute Gasteiger partial charge is 0.192 e. The maximum atomic E-state index is 13.3. The molecule has 3 nitrogen and oxygen atoms in total. The Morgan fingerprint density at radius 2 is 2.00 bits per heavy atom. The van der Waals surface area contributed by atoms with Crippen molar-refractivity contribution < 1.29 is 4.39 Å². The molecule has 0 aliphatic carbocycles. The summed E-state index contributed by atoms with van der Waals surface area (Å²) in [7, 11) is 0. The van der Waals surface area contributed by atoms with E-state index < -0.39 is 0 Å². The van der Waals surface area contributed by atoms with E-state index in [9.17, 15) is 4.39 Å². The van der Waals surface area contributed by atoms with Gasteiger partial charge in [0.1, 0.15) is 5.82 Å². The van der Waals surface area contributed by atoms with Gasteiger partial charge in [-0.2, -0.15) is 0 Å². The molecular formula is C18H14Cl2FN3S. The van der Waals surface area contributed by atoms with Crippen molar-refractivity contribution in [2.24, 2.45) is 0 Å². The third kappa shape index (κ3) is 4.24. The van der Waals surface area contributed by atoms with Crippen LogP contribution in [0.3, 0.4) is 0 Å². The molecule has 0 saturated carbocycles. The lowest BCUT2D eigenvalue weighted by Gasteiger charge is -2.09. The van der Waals surface area contributed by atoms with Crippen molar-refractivity contribution in [2.45, 2.75) is 17.5 Å². The highest BCUT2D eigenvalue weighted by molar-refractivity contribution is 7.98. The average molecular weight is 394 g/mol. The molecule has 1 aromatic heterocycles. The van der Waals surface area contributed by atoms with Gasteiger partial charge in [0, 0.05) is 22.9 Å². The standard InChI is InChI=1S/C18H14Cl2FN3S/c1-2-8-24-17(15-7-6-13(19)10-16(15)20)22-23-18(24)25-11-12-4-3-5-14(21)9-12/h2-7,9-10H,1,8,11H2. The molecule has 3 aromatic rings. The van der Waals surface area contributed by atoms with Gasteiger partial charge in [0.2, 0.25) is 0 Å². The lowest BCUT2D eigenvalue weighted by atomic mass is 10.2. The van der Waals surface area contributed by atoms with Crippen molar-refractivity contribution in [3.63, 3.8) is 0 Å². The monoisotopic (exact) mass is 393 g/mol. The van der Waals surface area contributed by atoms with Gasteiger partial charge < -0.3 is 0 Å². The summed E-state index contributed by atoms with van der Waals surface area (Å²) in [6.45, 7) is 4.32. The Morgan fingerprint density at radius 3 is 2.72 bits per heavy atom. The predicted octanol–water partition coefficient (Wildman–Crippen LogP) is 5.87. The second kappa shape index (κ2) is 8.04. The lowest BCUT2D eigenvalue weighted by Crippen LogP contribution is -2.01. The summed E-state index contributed by atoms with van der Waals surface area (Å²) in [5.41, 5.74) is 1.63. The molecule has 0 aliphatic heterocycles. The molecule has 0 unspecified atom stereocenters. The van der Waals surface area contributed by atoms with Crippen molar-refractivity contribution in [1.82, 2.24) is 14.8 Å². The van der Waals surface area contributed by atoms with E-state index in [-0.39, 0.29) is 5.82 Å². The van der Waals surface area contributed by atoms with Gasteiger partial charge in [-0.1, -0.05) is 53.2 Å². The molecule has 25 heavy (non-hydrogen) atoms. The van der Waals surface area contributed by atoms with Crippen LogP contribution < -0.4 is 0 Å². The molecular weight excluding hydrogens is 380 g/mol. The van der Waals surface area contributed by atoms with Crippen LogP contribution in [0.2, 0.25) is 10.0 Å². The summed E-state index contributed by atoms with van der Waals surface area (Å²) in [5, 5.41) is 10.3. The molecule has 0 spiro atoms. The zero-order chi connectivity index (χ0) is 17.8. The van der Waals surface area contributed by atoms with Crippen LogP contribution >= 0.6 is 35.0 Å². The van der Waals surface area contributed by atoms with Crippen molar-refractivity contribution in [3.8, 4) is 11.4 Å². The molecule has 0 atom stereocenters. The maximum Gasteiger partial charge on any atom is 0.192 e. The Morgan fingerprint density at radius 1 is 1.16 bits per heavy atom. The molecule has 0 fully saturated rings. The highest BCUT2D eigenvalue weighted by atomic mass is 35.5. The van der Waals surface area contributed by atoms with Crippen LogP contribution in [-0.4, -0.2) is 14.8 Å². The van der Waals surface area contributed by atoms with E-state index in [1.165, 1.54) is 23.9 Å². The Bertz CT molecular complexity index is 911. The fraction of sp³-hybridized carbons (Fsp3) is 0.111. The number of rotatable bonds is 6. The summed E-state index contributed by atoms with van der Waals surface area (Å²) < 4.78 is 15.2. The molecule has 7 heteroatoms. The quantitative estimate of drug-likeness (QED) is 0.387. The SMILES string of the molecule is C=CCn1c(SCc2cccc(F)c2)nnc1-c1ccc(Cl)cc1Cl. The minimum absolute atomic E-state index is 0.251. The molecule has 0 saturated heterocycles. The minimum atomic E-state index is -0.251. The molecule has 128 valence electrons. The first-order chi connectivity index (χ1) is 12.1. The van der Waals surface area contributed by atoms with Gasteiger partial charge in [-0.05, 0) is 35.9 Å². The molecule has 0 N–H and O–H groups in total. The third-order valence-corrected chi connectivity index (χ3v) is 5.04. The molecule has 0 bridgehead atoms. The number of halogens is 3. The number of hydrogen-bond donors (Lipinski definition) is 0. The van der Waals surface area contributed by atoms with E-state index in [2.05, 4.69) is 16.8 Å². The molecule has 1 heterocycles. The number of nitrogens with zero attached hydrogens (tertiary/aromatic N) is 3. The fourth-order valence-corrected chi connectivity index (χ4v) is 3.72. The Kier molecular flexibility index (Phi) is 5.78. The zero-order valence-corrected chi connectivity index (χ0v) is 15.5. The lowest BCUT2D eigenvalue weighted by molar-refractivity contribution is 0.626. The number of aromatic nitrogens is 3. The van der Waals surface area contributed by atoms with E-state index in [0.717, 1.165) is 11.1 Å². The van der Waals surface area contributed by atoms with Crippen LogP contribution in [0.5, 0.6) is 0 Å². The van der Waals surface area contributed by atoms with E-state index in [0.29, 0.717) is 33.3 Å². The summed E-state index contributed by atoms with van der Waals surface area (Å²) >= 11 is 13.7. The van der Waals surface area contributed by atoms with Gasteiger partial charge in [-0.25, -0.2) is 4.39 Å². The van der Waals surface area contributed by atoms with Crippen LogP contribution in [0, 0.1) is 5.82 Å². The summed E-state index contributed by atoms with van der Waals surface area (Å²) in [6, 6.07) is 11.8. The van der Waals surface area contributed by atoms with Crippen LogP contribution in [0.15, 0.2) is 60.3 Å². The highest BCUT2D eigenvalue weighted by Gasteiger charge is 2.16. The second-order valence-corrected chi connectivity index (χ2v) is 7.03. The first-order valence-corrected chi connectivity index (χ1v) is 9.19. The number of benzene rings is 2. The first kappa shape index (κ1) is 18.0. The number of thioether (sulfide) groups is 1. The minimum Gasteiger partial charge on any atom is -0.298 e. The van der Waals surface area contributed by atoms with Crippen LogP contribution in [-0.2, 0) is 12.3 Å². The zero-order valence-electron chi connectivity index (χ0n) is 13.1. The van der Waals surface area contributed by atoms with Gasteiger partial charge in [0.25, 0.3) is 0 Å².